The number of fused-ring (bicyclic) bond motifs is 1. The summed E-state index contributed by atoms with van der Waals surface area (Å²) in [4.78, 5) is 12.9. The minimum atomic E-state index is -3.35. The van der Waals surface area contributed by atoms with Gasteiger partial charge in [-0.2, -0.15) is 0 Å². The number of hydrogen-bond donors (Lipinski definition) is 3. The van der Waals surface area contributed by atoms with Gasteiger partial charge in [-0.25, -0.2) is 0 Å². The zero-order chi connectivity index (χ0) is 11.6. The van der Waals surface area contributed by atoms with E-state index >= 15 is 0 Å². The maximum absolute atomic E-state index is 6.82. The Morgan fingerprint density at radius 2 is 2.15 bits per heavy atom. The molecular weight excluding hydrogens is 188 g/mol. The first kappa shape index (κ1) is 6.52. The highest BCUT2D eigenvalue weighted by atomic mass is 28.4. The van der Waals surface area contributed by atoms with Gasteiger partial charge in [-0.05, 0) is 31.6 Å². The molecule has 3 atom stereocenters. The zero-order valence-electron chi connectivity index (χ0n) is 10.4. The minimum absolute atomic E-state index is 0.353. The van der Waals surface area contributed by atoms with Gasteiger partial charge in [0.2, 0.25) is 0 Å². The standard InChI is InChI=1S/C8H16O4Si/c9-13(10,11)4-3-6-1-2-7-8(5-6)12-7/h6-11H,1-5H2/i9T,10T,11T. The summed E-state index contributed by atoms with van der Waals surface area (Å²) in [6.07, 6.45) is 4.89. The lowest BCUT2D eigenvalue weighted by molar-refractivity contribution is 0.219. The van der Waals surface area contributed by atoms with Gasteiger partial charge in [0.1, 0.15) is 0 Å². The van der Waals surface area contributed by atoms with Crippen molar-refractivity contribution in [3.8, 4) is 0 Å². The van der Waals surface area contributed by atoms with Crippen LogP contribution in [0.5, 0.6) is 0 Å². The molecule has 1 aliphatic heterocycles. The highest BCUT2D eigenvalue weighted by Gasteiger charge is 2.44. The third kappa shape index (κ3) is 2.75. The minimum Gasteiger partial charge on any atom is -0.390 e. The summed E-state index contributed by atoms with van der Waals surface area (Å²) in [5, 5.41) is 0. The molecule has 0 bridgehead atoms. The number of epoxide rings is 1. The third-order valence-electron chi connectivity index (χ3n) is 2.97. The average molecular weight is 210 g/mol. The molecule has 0 amide bonds. The van der Waals surface area contributed by atoms with Crippen LogP contribution in [0.2, 0.25) is 6.04 Å². The summed E-state index contributed by atoms with van der Waals surface area (Å²) in [5.74, 6) is 0.510. The number of rotatable bonds is 6. The van der Waals surface area contributed by atoms with Crippen LogP contribution in [-0.4, -0.2) is 39.7 Å². The van der Waals surface area contributed by atoms with Gasteiger partial charge in [-0.3, -0.25) is 0 Å². The zero-order valence-corrected chi connectivity index (χ0v) is 8.40. The summed E-state index contributed by atoms with van der Waals surface area (Å²) in [6.45, 7) is 0. The molecule has 4 nitrogen and oxygen atoms in total. The summed E-state index contributed by atoms with van der Waals surface area (Å²) in [5.41, 5.74) is 0. The van der Waals surface area contributed by atoms with Crippen molar-refractivity contribution in [2.75, 3.05) is 0 Å². The molecule has 13 heavy (non-hydrogen) atoms. The van der Waals surface area contributed by atoms with Gasteiger partial charge in [0, 0.05) is 6.04 Å². The van der Waals surface area contributed by atoms with E-state index in [9.17, 15) is 0 Å². The Bertz CT molecular complexity index is 233. The molecule has 5 heteroatoms. The quantitative estimate of drug-likeness (QED) is 0.421. The fourth-order valence-corrected chi connectivity index (χ4v) is 2.89. The van der Waals surface area contributed by atoms with E-state index in [1.807, 2.05) is 0 Å². The second kappa shape index (κ2) is 3.32. The smallest absolute Gasteiger partial charge is 0.390 e. The van der Waals surface area contributed by atoms with Gasteiger partial charge in [-0.1, -0.05) is 0 Å². The number of hydrogen-bond acceptors (Lipinski definition) is 4. The molecule has 1 saturated heterocycles. The van der Waals surface area contributed by atoms with Gasteiger partial charge in [0.15, 0.2) is 4.29 Å². The summed E-state index contributed by atoms with van der Waals surface area (Å²) >= 11 is 0. The van der Waals surface area contributed by atoms with Crippen LogP contribution >= 0.6 is 0 Å². The predicted molar refractivity (Wildman–Crippen MR) is 47.8 cm³/mol. The van der Waals surface area contributed by atoms with Crippen LogP contribution in [0.1, 0.15) is 25.7 Å². The van der Waals surface area contributed by atoms with Gasteiger partial charge in [0.25, 0.3) is 0 Å². The van der Waals surface area contributed by atoms with Crippen LogP contribution in [0, 0.1) is 5.92 Å². The molecule has 76 valence electrons. The van der Waals surface area contributed by atoms with Crippen LogP contribution in [-0.2, 0) is 4.74 Å². The Balaban J connectivity index is 1.76. The molecule has 1 heterocycles. The van der Waals surface area contributed by atoms with Crippen molar-refractivity contribution >= 4 is 8.80 Å². The van der Waals surface area contributed by atoms with Gasteiger partial charge in [-0.15, -0.1) is 0 Å². The Labute approximate surface area is 83.0 Å². The van der Waals surface area contributed by atoms with Crippen molar-refractivity contribution in [1.29, 1.82) is 4.29 Å². The van der Waals surface area contributed by atoms with E-state index in [4.69, 9.17) is 9.03 Å². The predicted octanol–water partition coefficient (Wildman–Crippen LogP) is -0.140. The molecule has 0 aromatic carbocycles. The first-order chi connectivity index (χ1) is 7.73. The first-order valence-corrected chi connectivity index (χ1v) is 6.74. The van der Waals surface area contributed by atoms with Crippen molar-refractivity contribution < 1.29 is 19.1 Å². The molecule has 3 unspecified atom stereocenters. The lowest BCUT2D eigenvalue weighted by atomic mass is 9.88. The van der Waals surface area contributed by atoms with Gasteiger partial charge in [0.05, 0.1) is 12.2 Å². The molecule has 1 aliphatic carbocycles. The van der Waals surface area contributed by atoms with E-state index in [1.54, 1.807) is 0 Å². The molecule has 2 rings (SSSR count). The lowest BCUT2D eigenvalue weighted by Gasteiger charge is -2.19. The molecular formula is C8H16O4Si. The summed E-state index contributed by atoms with van der Waals surface area (Å²) in [7, 11) is -3.35. The van der Waals surface area contributed by atoms with Crippen molar-refractivity contribution in [3.05, 3.63) is 0 Å². The molecule has 0 aromatic rings. The number of ether oxygens (including phenoxy) is 1. The highest BCUT2D eigenvalue weighted by molar-refractivity contribution is 6.56. The molecule has 0 spiro atoms. The van der Waals surface area contributed by atoms with E-state index in [2.05, 4.69) is 14.4 Å². The Morgan fingerprint density at radius 3 is 2.85 bits per heavy atom. The van der Waals surface area contributed by atoms with Crippen molar-refractivity contribution in [3.63, 3.8) is 0 Å². The van der Waals surface area contributed by atoms with Crippen LogP contribution in [0.3, 0.4) is 0 Å². The normalized spacial score (nSPS) is 41.5. The monoisotopic (exact) mass is 210 g/mol. The highest BCUT2D eigenvalue weighted by Crippen LogP contribution is 2.41. The molecule has 0 aromatic heterocycles. The molecule has 1 saturated carbocycles. The first-order valence-electron chi connectivity index (χ1n) is 6.04. The Kier molecular flexibility index (Phi) is 1.67. The average Bonchev–Trinajstić information content (AvgIpc) is 3.10. The fraction of sp³-hybridized carbons (Fsp3) is 1.00. The van der Waals surface area contributed by atoms with Crippen LogP contribution in [0.15, 0.2) is 0 Å². The SMILES string of the molecule is [3H]O[Si](CCC1CCC2OC2C1)(O[3H])O[3H]. The second-order valence-corrected chi connectivity index (χ2v) is 5.98. The van der Waals surface area contributed by atoms with Gasteiger partial charge < -0.3 is 19.1 Å². The summed E-state index contributed by atoms with van der Waals surface area (Å²) in [6, 6.07) is 0.353. The molecule has 3 N–H and O–H groups in total. The maximum atomic E-state index is 6.82. The van der Waals surface area contributed by atoms with Crippen LogP contribution in [0.4, 0.5) is 0 Å². The van der Waals surface area contributed by atoms with E-state index in [0.717, 1.165) is 25.7 Å². The Hall–Kier alpha value is 0.0569. The Morgan fingerprint density at radius 1 is 1.31 bits per heavy atom. The molecule has 2 fully saturated rings. The van der Waals surface area contributed by atoms with Crippen LogP contribution in [0.25, 0.3) is 0 Å². The van der Waals surface area contributed by atoms with Crippen molar-refractivity contribution in [2.45, 2.75) is 43.9 Å². The molecule has 0 radical (unpaired) electrons. The summed E-state index contributed by atoms with van der Waals surface area (Å²) < 4.78 is 25.9. The lowest BCUT2D eigenvalue weighted by Crippen LogP contribution is -2.35. The topological polar surface area (TPSA) is 73.2 Å². The third-order valence-corrected chi connectivity index (χ3v) is 3.87. The van der Waals surface area contributed by atoms with E-state index in [0.29, 0.717) is 24.2 Å². The largest absolute Gasteiger partial charge is 0.492 e. The van der Waals surface area contributed by atoms with Gasteiger partial charge >= 0.3 is 8.80 Å². The van der Waals surface area contributed by atoms with E-state index in [-0.39, 0.29) is 0 Å². The fourth-order valence-electron chi connectivity index (χ4n) is 2.13. The van der Waals surface area contributed by atoms with Crippen molar-refractivity contribution in [1.82, 2.24) is 0 Å². The maximum Gasteiger partial charge on any atom is 0.492 e. The van der Waals surface area contributed by atoms with Crippen molar-refractivity contribution in [2.24, 2.45) is 5.92 Å². The second-order valence-electron chi connectivity index (χ2n) is 4.11. The van der Waals surface area contributed by atoms with E-state index in [1.165, 1.54) is 0 Å². The van der Waals surface area contributed by atoms with Crippen LogP contribution < -0.4 is 0 Å². The van der Waals surface area contributed by atoms with E-state index < -0.39 is 8.80 Å². The molecule has 2 aliphatic rings.